The van der Waals surface area contributed by atoms with E-state index >= 15 is 0 Å². The van der Waals surface area contributed by atoms with Crippen LogP contribution in [0.15, 0.2) is 0 Å². The number of imide groups is 1. The van der Waals surface area contributed by atoms with Crippen molar-refractivity contribution in [2.75, 3.05) is 13.1 Å². The number of urea groups is 1. The van der Waals surface area contributed by atoms with E-state index in [0.29, 0.717) is 12.5 Å². The predicted octanol–water partition coefficient (Wildman–Crippen LogP) is 2.27. The van der Waals surface area contributed by atoms with E-state index in [-0.39, 0.29) is 31.7 Å². The lowest BCUT2D eigenvalue weighted by Crippen LogP contribution is -2.44. The van der Waals surface area contributed by atoms with Gasteiger partial charge in [-0.25, -0.2) is 4.79 Å². The highest BCUT2D eigenvalue weighted by Gasteiger charge is 2.23. The Morgan fingerprint density at radius 2 is 1.87 bits per heavy atom. The average Bonchev–Trinajstić information content (AvgIpc) is 2.53. The van der Waals surface area contributed by atoms with Gasteiger partial charge in [0.25, 0.3) is 0 Å². The van der Waals surface area contributed by atoms with Crippen molar-refractivity contribution in [3.8, 4) is 6.07 Å². The lowest BCUT2D eigenvalue weighted by atomic mass is 9.87. The Morgan fingerprint density at radius 3 is 2.48 bits per heavy atom. The Balaban J connectivity index is 2.52. The van der Waals surface area contributed by atoms with Gasteiger partial charge in [0.15, 0.2) is 0 Å². The van der Waals surface area contributed by atoms with E-state index in [9.17, 15) is 14.4 Å². The first-order valence-corrected chi connectivity index (χ1v) is 8.21. The zero-order valence-corrected chi connectivity index (χ0v) is 13.4. The van der Waals surface area contributed by atoms with Crippen molar-refractivity contribution in [3.05, 3.63) is 0 Å². The summed E-state index contributed by atoms with van der Waals surface area (Å²) in [4.78, 5) is 35.9. The zero-order chi connectivity index (χ0) is 17.1. The maximum absolute atomic E-state index is 12.2. The minimum Gasteiger partial charge on any atom is -0.481 e. The fraction of sp³-hybridized carbons (Fsp3) is 0.750. The number of amides is 3. The van der Waals surface area contributed by atoms with Crippen molar-refractivity contribution in [3.63, 3.8) is 0 Å². The van der Waals surface area contributed by atoms with Gasteiger partial charge in [0.2, 0.25) is 5.91 Å². The molecule has 0 aromatic carbocycles. The summed E-state index contributed by atoms with van der Waals surface area (Å²) in [5, 5.41) is 19.6. The zero-order valence-electron chi connectivity index (χ0n) is 13.4. The van der Waals surface area contributed by atoms with Gasteiger partial charge in [-0.05, 0) is 18.8 Å². The number of nitrogens with one attached hydrogen (secondary N) is 1. The van der Waals surface area contributed by atoms with Gasteiger partial charge in [-0.1, -0.05) is 32.1 Å². The SMILES string of the molecule is N#CCNC(=O)N(CCC1CCCCC1)C(=O)CCCC(=O)O. The number of nitrogens with zero attached hydrogens (tertiary/aromatic N) is 2. The molecular formula is C16H25N3O4. The molecular weight excluding hydrogens is 298 g/mol. The molecule has 1 fully saturated rings. The molecule has 1 aliphatic rings. The number of rotatable bonds is 8. The number of hydrogen-bond acceptors (Lipinski definition) is 4. The smallest absolute Gasteiger partial charge is 0.324 e. The van der Waals surface area contributed by atoms with E-state index in [1.54, 1.807) is 0 Å². The largest absolute Gasteiger partial charge is 0.481 e. The second-order valence-corrected chi connectivity index (χ2v) is 5.90. The molecule has 7 nitrogen and oxygen atoms in total. The monoisotopic (exact) mass is 323 g/mol. The quantitative estimate of drug-likeness (QED) is 0.666. The second kappa shape index (κ2) is 10.6. The van der Waals surface area contributed by atoms with Gasteiger partial charge in [0, 0.05) is 19.4 Å². The molecule has 0 heterocycles. The summed E-state index contributed by atoms with van der Waals surface area (Å²) in [6, 6.07) is 1.24. The Kier molecular flexibility index (Phi) is 8.73. The molecule has 0 aliphatic heterocycles. The first-order valence-electron chi connectivity index (χ1n) is 8.21. The van der Waals surface area contributed by atoms with Crippen LogP contribution in [0.4, 0.5) is 4.79 Å². The molecule has 128 valence electrons. The Labute approximate surface area is 136 Å². The molecule has 1 aliphatic carbocycles. The van der Waals surface area contributed by atoms with Crippen LogP contribution >= 0.6 is 0 Å². The summed E-state index contributed by atoms with van der Waals surface area (Å²) in [6.45, 7) is 0.176. The molecule has 23 heavy (non-hydrogen) atoms. The molecule has 0 unspecified atom stereocenters. The van der Waals surface area contributed by atoms with Crippen LogP contribution in [0.25, 0.3) is 0 Å². The van der Waals surface area contributed by atoms with E-state index in [4.69, 9.17) is 10.4 Å². The number of carbonyl (C=O) groups excluding carboxylic acids is 2. The molecule has 0 saturated heterocycles. The summed E-state index contributed by atoms with van der Waals surface area (Å²) < 4.78 is 0. The van der Waals surface area contributed by atoms with Crippen molar-refractivity contribution in [1.29, 1.82) is 5.26 Å². The lowest BCUT2D eigenvalue weighted by Gasteiger charge is -2.26. The minimum absolute atomic E-state index is 0.0247. The van der Waals surface area contributed by atoms with Crippen molar-refractivity contribution < 1.29 is 19.5 Å². The third-order valence-electron chi connectivity index (χ3n) is 4.13. The molecule has 2 N–H and O–H groups in total. The van der Waals surface area contributed by atoms with Crippen LogP contribution in [-0.4, -0.2) is 41.0 Å². The first kappa shape index (κ1) is 18.9. The van der Waals surface area contributed by atoms with Gasteiger partial charge in [0.1, 0.15) is 6.54 Å². The van der Waals surface area contributed by atoms with Crippen molar-refractivity contribution in [2.24, 2.45) is 5.92 Å². The average molecular weight is 323 g/mol. The number of carboxylic acids is 1. The van der Waals surface area contributed by atoms with Crippen molar-refractivity contribution in [1.82, 2.24) is 10.2 Å². The summed E-state index contributed by atoms with van der Waals surface area (Å²) >= 11 is 0. The van der Waals surface area contributed by atoms with Crippen LogP contribution in [0.3, 0.4) is 0 Å². The normalized spacial score (nSPS) is 14.7. The lowest BCUT2D eigenvalue weighted by molar-refractivity contribution is -0.137. The van der Waals surface area contributed by atoms with Gasteiger partial charge in [-0.2, -0.15) is 5.26 Å². The predicted molar refractivity (Wildman–Crippen MR) is 83.4 cm³/mol. The fourth-order valence-corrected chi connectivity index (χ4v) is 2.86. The van der Waals surface area contributed by atoms with Gasteiger partial charge < -0.3 is 10.4 Å². The van der Waals surface area contributed by atoms with Crippen LogP contribution in [-0.2, 0) is 9.59 Å². The van der Waals surface area contributed by atoms with Crippen LogP contribution in [0, 0.1) is 17.2 Å². The highest BCUT2D eigenvalue weighted by atomic mass is 16.4. The van der Waals surface area contributed by atoms with E-state index in [1.165, 1.54) is 19.3 Å². The summed E-state index contributed by atoms with van der Waals surface area (Å²) in [5.41, 5.74) is 0. The highest BCUT2D eigenvalue weighted by molar-refractivity contribution is 5.94. The van der Waals surface area contributed by atoms with Crippen LogP contribution in [0.5, 0.6) is 0 Å². The van der Waals surface area contributed by atoms with Gasteiger partial charge in [-0.3, -0.25) is 14.5 Å². The Morgan fingerprint density at radius 1 is 1.17 bits per heavy atom. The van der Waals surface area contributed by atoms with Crippen LogP contribution in [0.1, 0.15) is 57.8 Å². The van der Waals surface area contributed by atoms with Crippen molar-refractivity contribution in [2.45, 2.75) is 57.8 Å². The number of carboxylic acid groups (broad SMARTS) is 1. The molecule has 0 bridgehead atoms. The van der Waals surface area contributed by atoms with E-state index in [2.05, 4.69) is 5.32 Å². The Hall–Kier alpha value is -2.10. The second-order valence-electron chi connectivity index (χ2n) is 5.90. The fourth-order valence-electron chi connectivity index (χ4n) is 2.86. The third kappa shape index (κ3) is 7.63. The molecule has 3 amide bonds. The van der Waals surface area contributed by atoms with Gasteiger partial charge >= 0.3 is 12.0 Å². The number of aliphatic carboxylic acids is 1. The van der Waals surface area contributed by atoms with Gasteiger partial charge in [0.05, 0.1) is 6.07 Å². The van der Waals surface area contributed by atoms with E-state index in [1.807, 2.05) is 6.07 Å². The number of hydrogen-bond donors (Lipinski definition) is 2. The maximum Gasteiger partial charge on any atom is 0.324 e. The van der Waals surface area contributed by atoms with Crippen molar-refractivity contribution >= 4 is 17.9 Å². The van der Waals surface area contributed by atoms with E-state index < -0.39 is 12.0 Å². The molecule has 0 aromatic heterocycles. The molecule has 0 aromatic rings. The third-order valence-corrected chi connectivity index (χ3v) is 4.13. The van der Waals surface area contributed by atoms with Crippen LogP contribution in [0.2, 0.25) is 0 Å². The highest BCUT2D eigenvalue weighted by Crippen LogP contribution is 2.26. The molecule has 1 rings (SSSR count). The number of nitriles is 1. The Bertz CT molecular complexity index is 453. The topological polar surface area (TPSA) is 111 Å². The summed E-state index contributed by atoms with van der Waals surface area (Å²) in [6.07, 6.45) is 6.79. The standard InChI is InChI=1S/C16H25N3O4/c17-10-11-18-16(23)19(14(20)7-4-8-15(21)22)12-9-13-5-2-1-3-6-13/h13H,1-9,11-12H2,(H,18,23)(H,21,22). The van der Waals surface area contributed by atoms with E-state index in [0.717, 1.165) is 24.2 Å². The van der Waals surface area contributed by atoms with Crippen LogP contribution < -0.4 is 5.32 Å². The summed E-state index contributed by atoms with van der Waals surface area (Å²) in [5.74, 6) is -0.806. The number of carbonyl (C=O) groups is 3. The first-order chi connectivity index (χ1) is 11.0. The maximum atomic E-state index is 12.2. The molecule has 0 spiro atoms. The molecule has 1 saturated carbocycles. The molecule has 0 atom stereocenters. The van der Waals surface area contributed by atoms with Gasteiger partial charge in [-0.15, -0.1) is 0 Å². The summed E-state index contributed by atoms with van der Waals surface area (Å²) in [7, 11) is 0. The molecule has 7 heteroatoms. The minimum atomic E-state index is -0.958. The molecule has 0 radical (unpaired) electrons.